The van der Waals surface area contributed by atoms with E-state index in [2.05, 4.69) is 4.99 Å². The minimum atomic E-state index is -0.272. The predicted octanol–water partition coefficient (Wildman–Crippen LogP) is 2.51. The van der Waals surface area contributed by atoms with Crippen LogP contribution in [0.15, 0.2) is 29.3 Å². The molecule has 0 unspecified atom stereocenters. The molecule has 0 spiro atoms. The zero-order valence-corrected chi connectivity index (χ0v) is 11.3. The van der Waals surface area contributed by atoms with Gasteiger partial charge in [-0.05, 0) is 26.0 Å². The Morgan fingerprint density at radius 3 is 2.44 bits per heavy atom. The zero-order chi connectivity index (χ0) is 13.2. The van der Waals surface area contributed by atoms with E-state index < -0.39 is 0 Å². The summed E-state index contributed by atoms with van der Waals surface area (Å²) in [6.07, 6.45) is 1.51. The van der Waals surface area contributed by atoms with Gasteiger partial charge in [-0.15, -0.1) is 0 Å². The number of benzene rings is 1. The molecular weight excluding hydrogens is 230 g/mol. The van der Waals surface area contributed by atoms with E-state index in [4.69, 9.17) is 14.2 Å². The van der Waals surface area contributed by atoms with Crippen molar-refractivity contribution in [3.05, 3.63) is 29.8 Å². The van der Waals surface area contributed by atoms with E-state index in [1.807, 2.05) is 38.1 Å². The summed E-state index contributed by atoms with van der Waals surface area (Å²) in [5.74, 6) is 0.811. The minimum absolute atomic E-state index is 0.272. The molecule has 1 aromatic rings. The summed E-state index contributed by atoms with van der Waals surface area (Å²) in [4.78, 5) is 4.33. The monoisotopic (exact) mass is 251 g/mol. The first-order valence-corrected chi connectivity index (χ1v) is 6.17. The molecule has 4 nitrogen and oxygen atoms in total. The molecule has 0 saturated carbocycles. The number of rotatable bonds is 8. The fourth-order valence-corrected chi connectivity index (χ4v) is 1.54. The van der Waals surface area contributed by atoms with Crippen LogP contribution in [0.2, 0.25) is 0 Å². The van der Waals surface area contributed by atoms with Crippen LogP contribution in [0.5, 0.6) is 5.75 Å². The Hall–Kier alpha value is -1.39. The van der Waals surface area contributed by atoms with Crippen molar-refractivity contribution >= 4 is 6.21 Å². The van der Waals surface area contributed by atoms with Gasteiger partial charge in [-0.1, -0.05) is 12.1 Å². The molecule has 0 fully saturated rings. The van der Waals surface area contributed by atoms with E-state index in [1.165, 1.54) is 0 Å². The molecule has 0 amide bonds. The normalized spacial score (nSPS) is 11.3. The summed E-state index contributed by atoms with van der Waals surface area (Å²) < 4.78 is 16.1. The van der Waals surface area contributed by atoms with E-state index in [-0.39, 0.29) is 6.29 Å². The van der Waals surface area contributed by atoms with Gasteiger partial charge in [0.25, 0.3) is 0 Å². The third-order valence-corrected chi connectivity index (χ3v) is 2.33. The number of ether oxygens (including phenoxy) is 3. The number of aliphatic imine (C=N–C) groups is 1. The summed E-state index contributed by atoms with van der Waals surface area (Å²) in [5.41, 5.74) is 0.951. The SMILES string of the molecule is CCOC(CN=Cc1ccccc1OC)OCC. The van der Waals surface area contributed by atoms with E-state index in [0.717, 1.165) is 11.3 Å². The van der Waals surface area contributed by atoms with Crippen LogP contribution >= 0.6 is 0 Å². The quantitative estimate of drug-likeness (QED) is 0.526. The van der Waals surface area contributed by atoms with Crippen LogP contribution in [0, 0.1) is 0 Å². The van der Waals surface area contributed by atoms with E-state index >= 15 is 0 Å². The molecule has 0 N–H and O–H groups in total. The van der Waals surface area contributed by atoms with Crippen molar-refractivity contribution in [3.63, 3.8) is 0 Å². The summed E-state index contributed by atoms with van der Waals surface area (Å²) in [6, 6.07) is 7.74. The topological polar surface area (TPSA) is 40.0 Å². The van der Waals surface area contributed by atoms with Gasteiger partial charge in [-0.3, -0.25) is 4.99 Å². The van der Waals surface area contributed by atoms with Crippen LogP contribution in [0.3, 0.4) is 0 Å². The van der Waals surface area contributed by atoms with Crippen LogP contribution in [-0.4, -0.2) is 39.4 Å². The molecule has 0 radical (unpaired) electrons. The van der Waals surface area contributed by atoms with Gasteiger partial charge < -0.3 is 14.2 Å². The maximum Gasteiger partial charge on any atom is 0.176 e. The number of methoxy groups -OCH3 is 1. The first-order chi connectivity index (χ1) is 8.81. The van der Waals surface area contributed by atoms with Gasteiger partial charge in [0.2, 0.25) is 0 Å². The first-order valence-electron chi connectivity index (χ1n) is 6.17. The van der Waals surface area contributed by atoms with Crippen molar-refractivity contribution in [3.8, 4) is 5.75 Å². The van der Waals surface area contributed by atoms with Gasteiger partial charge in [0, 0.05) is 25.0 Å². The number of para-hydroxylation sites is 1. The zero-order valence-electron chi connectivity index (χ0n) is 11.3. The molecule has 0 atom stereocenters. The maximum atomic E-state index is 5.41. The lowest BCUT2D eigenvalue weighted by Crippen LogP contribution is -2.20. The third-order valence-electron chi connectivity index (χ3n) is 2.33. The Labute approximate surface area is 109 Å². The average molecular weight is 251 g/mol. The van der Waals surface area contributed by atoms with E-state index in [1.54, 1.807) is 13.3 Å². The van der Waals surface area contributed by atoms with Gasteiger partial charge >= 0.3 is 0 Å². The molecule has 1 aromatic carbocycles. The van der Waals surface area contributed by atoms with Gasteiger partial charge in [-0.25, -0.2) is 0 Å². The van der Waals surface area contributed by atoms with Crippen molar-refractivity contribution in [2.24, 2.45) is 4.99 Å². The second-order valence-electron chi connectivity index (χ2n) is 3.58. The van der Waals surface area contributed by atoms with Crippen LogP contribution in [-0.2, 0) is 9.47 Å². The van der Waals surface area contributed by atoms with Crippen molar-refractivity contribution in [2.45, 2.75) is 20.1 Å². The van der Waals surface area contributed by atoms with E-state index in [0.29, 0.717) is 19.8 Å². The van der Waals surface area contributed by atoms with Gasteiger partial charge in [0.1, 0.15) is 5.75 Å². The van der Waals surface area contributed by atoms with Gasteiger partial charge in [0.05, 0.1) is 13.7 Å². The Kier molecular flexibility index (Phi) is 7.06. The number of nitrogens with zero attached hydrogens (tertiary/aromatic N) is 1. The highest BCUT2D eigenvalue weighted by Gasteiger charge is 2.05. The molecule has 0 bridgehead atoms. The maximum absolute atomic E-state index is 5.41. The molecule has 18 heavy (non-hydrogen) atoms. The molecule has 0 aromatic heterocycles. The van der Waals surface area contributed by atoms with Gasteiger partial charge in [-0.2, -0.15) is 0 Å². The highest BCUT2D eigenvalue weighted by molar-refractivity contribution is 5.83. The molecule has 100 valence electrons. The largest absolute Gasteiger partial charge is 0.496 e. The average Bonchev–Trinajstić information content (AvgIpc) is 2.40. The lowest BCUT2D eigenvalue weighted by atomic mass is 10.2. The molecule has 4 heteroatoms. The standard InChI is InChI=1S/C14H21NO3/c1-4-17-14(18-5-2)11-15-10-12-8-6-7-9-13(12)16-3/h6-10,14H,4-5,11H2,1-3H3. The van der Waals surface area contributed by atoms with Crippen LogP contribution in [0.25, 0.3) is 0 Å². The Morgan fingerprint density at radius 1 is 1.17 bits per heavy atom. The molecule has 0 aliphatic carbocycles. The smallest absolute Gasteiger partial charge is 0.176 e. The van der Waals surface area contributed by atoms with Gasteiger partial charge in [0.15, 0.2) is 6.29 Å². The highest BCUT2D eigenvalue weighted by atomic mass is 16.7. The fraction of sp³-hybridized carbons (Fsp3) is 0.500. The molecule has 0 aliphatic heterocycles. The molecule has 0 heterocycles. The Morgan fingerprint density at radius 2 is 1.83 bits per heavy atom. The third kappa shape index (κ3) is 4.85. The summed E-state index contributed by atoms with van der Waals surface area (Å²) in [6.45, 7) is 5.61. The summed E-state index contributed by atoms with van der Waals surface area (Å²) in [5, 5.41) is 0. The number of hydrogen-bond donors (Lipinski definition) is 0. The van der Waals surface area contributed by atoms with Crippen molar-refractivity contribution < 1.29 is 14.2 Å². The molecule has 1 rings (SSSR count). The molecular formula is C14H21NO3. The number of hydrogen-bond acceptors (Lipinski definition) is 4. The van der Waals surface area contributed by atoms with Crippen LogP contribution < -0.4 is 4.74 Å². The van der Waals surface area contributed by atoms with Crippen molar-refractivity contribution in [1.29, 1.82) is 0 Å². The Balaban J connectivity index is 2.57. The van der Waals surface area contributed by atoms with Crippen LogP contribution in [0.1, 0.15) is 19.4 Å². The summed E-state index contributed by atoms with van der Waals surface area (Å²) in [7, 11) is 1.65. The van der Waals surface area contributed by atoms with Crippen molar-refractivity contribution in [1.82, 2.24) is 0 Å². The second-order valence-corrected chi connectivity index (χ2v) is 3.58. The lowest BCUT2D eigenvalue weighted by Gasteiger charge is -2.14. The fourth-order valence-electron chi connectivity index (χ4n) is 1.54. The summed E-state index contributed by atoms with van der Waals surface area (Å²) >= 11 is 0. The van der Waals surface area contributed by atoms with Crippen molar-refractivity contribution in [2.75, 3.05) is 26.9 Å². The lowest BCUT2D eigenvalue weighted by molar-refractivity contribution is -0.128. The minimum Gasteiger partial charge on any atom is -0.496 e. The molecule has 0 saturated heterocycles. The Bertz CT molecular complexity index is 360. The second kappa shape index (κ2) is 8.66. The predicted molar refractivity (Wildman–Crippen MR) is 72.5 cm³/mol. The first kappa shape index (κ1) is 14.7. The highest BCUT2D eigenvalue weighted by Crippen LogP contribution is 2.14. The molecule has 0 aliphatic rings. The van der Waals surface area contributed by atoms with E-state index in [9.17, 15) is 0 Å². The van der Waals surface area contributed by atoms with Crippen LogP contribution in [0.4, 0.5) is 0 Å².